The summed E-state index contributed by atoms with van der Waals surface area (Å²) in [7, 11) is 0. The number of hydrogen-bond donors (Lipinski definition) is 1. The minimum Gasteiger partial charge on any atom is -0.341 e. The Morgan fingerprint density at radius 3 is 2.60 bits per heavy atom. The average molecular weight is 200 g/mol. The first kappa shape index (κ1) is 11.2. The van der Waals surface area contributed by atoms with Gasteiger partial charge in [0.25, 0.3) is 0 Å². The van der Waals surface area contributed by atoms with Gasteiger partial charge in [0.1, 0.15) is 5.82 Å². The maximum atomic E-state index is 4.29. The first-order valence-electron chi connectivity index (χ1n) is 4.91. The van der Waals surface area contributed by atoms with Crippen LogP contribution in [-0.2, 0) is 0 Å². The molecule has 0 aliphatic rings. The third-order valence-electron chi connectivity index (χ3n) is 1.78. The molecule has 1 aromatic rings. The smallest absolute Gasteiger partial charge is 0.123 e. The molecule has 0 fully saturated rings. The fourth-order valence-electron chi connectivity index (χ4n) is 1.21. The van der Waals surface area contributed by atoms with Gasteiger partial charge in [0.15, 0.2) is 0 Å². The molecule has 1 N–H and O–H groups in total. The molecule has 0 spiro atoms. The van der Waals surface area contributed by atoms with Gasteiger partial charge in [0.05, 0.1) is 0 Å². The van der Waals surface area contributed by atoms with E-state index in [9.17, 15) is 0 Å². The van der Waals surface area contributed by atoms with E-state index in [4.69, 9.17) is 0 Å². The van der Waals surface area contributed by atoms with Crippen LogP contribution in [0.5, 0.6) is 0 Å². The van der Waals surface area contributed by atoms with E-state index in [2.05, 4.69) is 16.9 Å². The molecule has 0 bridgehead atoms. The van der Waals surface area contributed by atoms with Gasteiger partial charge in [-0.25, -0.2) is 4.99 Å². The second-order valence-electron chi connectivity index (χ2n) is 3.19. The topological polar surface area (TPSA) is 24.4 Å². The Morgan fingerprint density at radius 1 is 1.33 bits per heavy atom. The average Bonchev–Trinajstić information content (AvgIpc) is 2.19. The second-order valence-corrected chi connectivity index (χ2v) is 3.19. The lowest BCUT2D eigenvalue weighted by Crippen LogP contribution is -1.97. The molecule has 0 saturated carbocycles. The maximum absolute atomic E-state index is 4.29. The van der Waals surface area contributed by atoms with Crippen LogP contribution in [0.4, 0.5) is 5.69 Å². The molecule has 0 atom stereocenters. The van der Waals surface area contributed by atoms with E-state index in [1.807, 2.05) is 56.3 Å². The molecule has 0 aliphatic heterocycles. The summed E-state index contributed by atoms with van der Waals surface area (Å²) >= 11 is 0. The van der Waals surface area contributed by atoms with E-state index < -0.39 is 0 Å². The second kappa shape index (κ2) is 5.81. The van der Waals surface area contributed by atoms with Gasteiger partial charge in [-0.15, -0.1) is 0 Å². The fraction of sp³-hybridized carbons (Fsp3) is 0.154. The fourth-order valence-corrected chi connectivity index (χ4v) is 1.21. The Bertz CT molecular complexity index is 375. The third kappa shape index (κ3) is 4.27. The van der Waals surface area contributed by atoms with Gasteiger partial charge in [-0.2, -0.15) is 0 Å². The van der Waals surface area contributed by atoms with Crippen LogP contribution in [0, 0.1) is 0 Å². The van der Waals surface area contributed by atoms with E-state index in [-0.39, 0.29) is 0 Å². The lowest BCUT2D eigenvalue weighted by Gasteiger charge is -2.04. The third-order valence-corrected chi connectivity index (χ3v) is 1.78. The summed E-state index contributed by atoms with van der Waals surface area (Å²) in [5, 5.41) is 3.12. The minimum atomic E-state index is 0.650. The monoisotopic (exact) mass is 200 g/mol. The Hall–Kier alpha value is -1.83. The summed E-state index contributed by atoms with van der Waals surface area (Å²) in [6.07, 6.45) is 3.90. The SMILES string of the molecule is C=C(/N=C(C)\C=C/C)Nc1ccccc1. The van der Waals surface area contributed by atoms with E-state index in [1.165, 1.54) is 0 Å². The van der Waals surface area contributed by atoms with Crippen molar-refractivity contribution in [3.63, 3.8) is 0 Å². The Labute approximate surface area is 91.1 Å². The maximum Gasteiger partial charge on any atom is 0.123 e. The number of benzene rings is 1. The summed E-state index contributed by atoms with van der Waals surface area (Å²) < 4.78 is 0. The highest BCUT2D eigenvalue weighted by atomic mass is 15.0. The summed E-state index contributed by atoms with van der Waals surface area (Å²) in [6.45, 7) is 7.75. The van der Waals surface area contributed by atoms with Crippen molar-refractivity contribution in [2.75, 3.05) is 5.32 Å². The Kier molecular flexibility index (Phi) is 4.35. The normalized spacial score (nSPS) is 11.7. The molecule has 0 aromatic heterocycles. The first-order valence-corrected chi connectivity index (χ1v) is 4.91. The van der Waals surface area contributed by atoms with Crippen LogP contribution in [0.3, 0.4) is 0 Å². The van der Waals surface area contributed by atoms with Crippen LogP contribution >= 0.6 is 0 Å². The van der Waals surface area contributed by atoms with Crippen LogP contribution < -0.4 is 5.32 Å². The molecule has 1 aromatic carbocycles. The number of aliphatic imine (C=N–C) groups is 1. The number of allylic oxidation sites excluding steroid dienone is 2. The molecule has 0 amide bonds. The Balaban J connectivity index is 2.61. The zero-order valence-corrected chi connectivity index (χ0v) is 9.20. The van der Waals surface area contributed by atoms with E-state index in [0.29, 0.717) is 5.82 Å². The molecule has 0 aliphatic carbocycles. The largest absolute Gasteiger partial charge is 0.341 e. The van der Waals surface area contributed by atoms with Crippen molar-refractivity contribution < 1.29 is 0 Å². The highest BCUT2D eigenvalue weighted by Gasteiger charge is 1.92. The van der Waals surface area contributed by atoms with Crippen LogP contribution in [0.25, 0.3) is 0 Å². The molecule has 0 heterocycles. The van der Waals surface area contributed by atoms with Gasteiger partial charge in [0, 0.05) is 11.4 Å². The number of rotatable bonds is 4. The molecule has 0 saturated heterocycles. The number of hydrogen-bond acceptors (Lipinski definition) is 2. The molecule has 0 radical (unpaired) electrons. The van der Waals surface area contributed by atoms with Crippen LogP contribution in [0.2, 0.25) is 0 Å². The molecule has 0 unspecified atom stereocenters. The van der Waals surface area contributed by atoms with Crippen molar-refractivity contribution in [1.82, 2.24) is 0 Å². The highest BCUT2D eigenvalue weighted by Crippen LogP contribution is 2.08. The number of nitrogens with one attached hydrogen (secondary N) is 1. The summed E-state index contributed by atoms with van der Waals surface area (Å²) in [6, 6.07) is 9.87. The molecule has 1 rings (SSSR count). The van der Waals surface area contributed by atoms with E-state index in [1.54, 1.807) is 0 Å². The summed E-state index contributed by atoms with van der Waals surface area (Å²) in [5.74, 6) is 0.650. The Morgan fingerprint density at radius 2 is 2.00 bits per heavy atom. The van der Waals surface area contributed by atoms with Crippen LogP contribution in [-0.4, -0.2) is 5.71 Å². The van der Waals surface area contributed by atoms with Crippen molar-refractivity contribution in [2.24, 2.45) is 4.99 Å². The zero-order valence-electron chi connectivity index (χ0n) is 9.20. The number of para-hydroxylation sites is 1. The van der Waals surface area contributed by atoms with Gasteiger partial charge in [0.2, 0.25) is 0 Å². The molecule has 2 heteroatoms. The lowest BCUT2D eigenvalue weighted by molar-refractivity contribution is 1.31. The summed E-state index contributed by atoms with van der Waals surface area (Å²) in [5.41, 5.74) is 1.94. The molecular formula is C13H16N2. The van der Waals surface area contributed by atoms with Gasteiger partial charge < -0.3 is 5.32 Å². The van der Waals surface area contributed by atoms with Gasteiger partial charge >= 0.3 is 0 Å². The quantitative estimate of drug-likeness (QED) is 0.738. The number of anilines is 1. The standard InChI is InChI=1S/C13H16N2/c1-4-8-11(2)14-12(3)15-13-9-6-5-7-10-13/h4-10,15H,3H2,1-2H3/b8-4-,14-11-. The van der Waals surface area contributed by atoms with Gasteiger partial charge in [-0.1, -0.05) is 30.9 Å². The molecular weight excluding hydrogens is 184 g/mol. The minimum absolute atomic E-state index is 0.650. The highest BCUT2D eigenvalue weighted by molar-refractivity contribution is 5.93. The van der Waals surface area contributed by atoms with Crippen molar-refractivity contribution >= 4 is 11.4 Å². The zero-order chi connectivity index (χ0) is 11.1. The van der Waals surface area contributed by atoms with Crippen molar-refractivity contribution in [1.29, 1.82) is 0 Å². The predicted molar refractivity (Wildman–Crippen MR) is 67.1 cm³/mol. The lowest BCUT2D eigenvalue weighted by atomic mass is 10.3. The molecule has 78 valence electrons. The van der Waals surface area contributed by atoms with E-state index >= 15 is 0 Å². The molecule has 2 nitrogen and oxygen atoms in total. The van der Waals surface area contributed by atoms with Gasteiger partial charge in [-0.05, 0) is 32.1 Å². The number of nitrogens with zero attached hydrogens (tertiary/aromatic N) is 1. The first-order chi connectivity index (χ1) is 7.22. The summed E-state index contributed by atoms with van der Waals surface area (Å²) in [4.78, 5) is 4.29. The predicted octanol–water partition coefficient (Wildman–Crippen LogP) is 3.61. The van der Waals surface area contributed by atoms with Crippen molar-refractivity contribution in [3.8, 4) is 0 Å². The van der Waals surface area contributed by atoms with Crippen LogP contribution in [0.1, 0.15) is 13.8 Å². The van der Waals surface area contributed by atoms with E-state index in [0.717, 1.165) is 11.4 Å². The van der Waals surface area contributed by atoms with Gasteiger partial charge in [-0.3, -0.25) is 0 Å². The van der Waals surface area contributed by atoms with Crippen molar-refractivity contribution in [2.45, 2.75) is 13.8 Å². The van der Waals surface area contributed by atoms with Crippen LogP contribution in [0.15, 0.2) is 59.9 Å². The molecule has 15 heavy (non-hydrogen) atoms. The van der Waals surface area contributed by atoms with Crippen molar-refractivity contribution in [3.05, 3.63) is 54.9 Å².